The Morgan fingerprint density at radius 3 is 2.86 bits per heavy atom. The lowest BCUT2D eigenvalue weighted by molar-refractivity contribution is 0.403. The molecule has 0 bridgehead atoms. The summed E-state index contributed by atoms with van der Waals surface area (Å²) >= 11 is 0. The third-order valence-corrected chi connectivity index (χ3v) is 5.22. The number of aryl methyl sites for hydroxylation is 1. The topological polar surface area (TPSA) is 15.3 Å². The number of hydrogen-bond acceptors (Lipinski definition) is 2. The normalized spacial score (nSPS) is 23.2. The number of hydrogen-bond donors (Lipinski definition) is 1. The van der Waals surface area contributed by atoms with Gasteiger partial charge >= 0.3 is 0 Å². The predicted octanol–water partition coefficient (Wildman–Crippen LogP) is 3.50. The predicted molar refractivity (Wildman–Crippen MR) is 92.7 cm³/mol. The second kappa shape index (κ2) is 5.77. The standard InChI is InChI=1S/C20H24N2/c1-15-7-8-19-17(13-15)18-14-21-11-9-20(18)22(19)12-10-16-5-3-2-4-6-16/h2-8,13,18,20-21H,9-12,14H2,1H3. The van der Waals surface area contributed by atoms with Gasteiger partial charge in [-0.05, 0) is 43.5 Å². The Hall–Kier alpha value is -1.80. The van der Waals surface area contributed by atoms with Crippen LogP contribution < -0.4 is 10.2 Å². The molecular formula is C20H24N2. The molecule has 2 aromatic carbocycles. The molecule has 1 fully saturated rings. The van der Waals surface area contributed by atoms with Crippen LogP contribution in [0, 0.1) is 6.92 Å². The zero-order valence-electron chi connectivity index (χ0n) is 13.3. The first-order chi connectivity index (χ1) is 10.8. The fourth-order valence-corrected chi connectivity index (χ4v) is 4.13. The van der Waals surface area contributed by atoms with Gasteiger partial charge in [0.1, 0.15) is 0 Å². The van der Waals surface area contributed by atoms with Crippen molar-refractivity contribution in [3.05, 3.63) is 65.2 Å². The molecule has 2 aromatic rings. The molecule has 2 unspecified atom stereocenters. The molecule has 22 heavy (non-hydrogen) atoms. The van der Waals surface area contributed by atoms with Crippen molar-refractivity contribution in [2.24, 2.45) is 0 Å². The fourth-order valence-electron chi connectivity index (χ4n) is 4.13. The van der Waals surface area contributed by atoms with Crippen molar-refractivity contribution < 1.29 is 0 Å². The van der Waals surface area contributed by atoms with E-state index in [4.69, 9.17) is 0 Å². The van der Waals surface area contributed by atoms with Crippen molar-refractivity contribution >= 4 is 5.69 Å². The summed E-state index contributed by atoms with van der Waals surface area (Å²) < 4.78 is 0. The number of nitrogens with one attached hydrogen (secondary N) is 1. The number of fused-ring (bicyclic) bond motifs is 3. The van der Waals surface area contributed by atoms with Crippen LogP contribution in [0.25, 0.3) is 0 Å². The van der Waals surface area contributed by atoms with Crippen LogP contribution in [0.5, 0.6) is 0 Å². The van der Waals surface area contributed by atoms with Crippen LogP contribution >= 0.6 is 0 Å². The highest BCUT2D eigenvalue weighted by Crippen LogP contribution is 2.43. The molecule has 2 nitrogen and oxygen atoms in total. The highest BCUT2D eigenvalue weighted by atomic mass is 15.2. The average Bonchev–Trinajstić information content (AvgIpc) is 2.87. The van der Waals surface area contributed by atoms with E-state index in [2.05, 4.69) is 65.7 Å². The second-order valence-electron chi connectivity index (χ2n) is 6.66. The largest absolute Gasteiger partial charge is 0.367 e. The molecule has 0 spiro atoms. The summed E-state index contributed by atoms with van der Waals surface area (Å²) in [5.41, 5.74) is 5.85. The zero-order valence-corrected chi connectivity index (χ0v) is 13.3. The zero-order chi connectivity index (χ0) is 14.9. The molecule has 0 aromatic heterocycles. The Morgan fingerprint density at radius 1 is 1.14 bits per heavy atom. The molecule has 1 saturated heterocycles. The maximum Gasteiger partial charge on any atom is 0.0405 e. The monoisotopic (exact) mass is 292 g/mol. The first-order valence-corrected chi connectivity index (χ1v) is 8.45. The molecule has 2 atom stereocenters. The fraction of sp³-hybridized carbons (Fsp3) is 0.400. The van der Waals surface area contributed by atoms with E-state index in [0.29, 0.717) is 12.0 Å². The van der Waals surface area contributed by atoms with Crippen LogP contribution in [0.4, 0.5) is 5.69 Å². The lowest BCUT2D eigenvalue weighted by atomic mass is 9.89. The third-order valence-electron chi connectivity index (χ3n) is 5.22. The van der Waals surface area contributed by atoms with E-state index >= 15 is 0 Å². The highest BCUT2D eigenvalue weighted by molar-refractivity contribution is 5.63. The quantitative estimate of drug-likeness (QED) is 0.931. The number of benzene rings is 2. The molecule has 2 aliphatic rings. The van der Waals surface area contributed by atoms with E-state index < -0.39 is 0 Å². The van der Waals surface area contributed by atoms with Crippen LogP contribution in [0.1, 0.15) is 29.0 Å². The average molecular weight is 292 g/mol. The molecule has 0 amide bonds. The van der Waals surface area contributed by atoms with E-state index in [9.17, 15) is 0 Å². The summed E-state index contributed by atoms with van der Waals surface area (Å²) in [5.74, 6) is 0.666. The Labute approximate surface area is 133 Å². The van der Waals surface area contributed by atoms with Crippen molar-refractivity contribution in [2.45, 2.75) is 31.7 Å². The van der Waals surface area contributed by atoms with E-state index in [-0.39, 0.29) is 0 Å². The number of rotatable bonds is 3. The van der Waals surface area contributed by atoms with Gasteiger partial charge in [0.05, 0.1) is 0 Å². The molecule has 0 radical (unpaired) electrons. The summed E-state index contributed by atoms with van der Waals surface area (Å²) in [6.07, 6.45) is 2.39. The second-order valence-corrected chi connectivity index (χ2v) is 6.66. The van der Waals surface area contributed by atoms with Gasteiger partial charge in [0, 0.05) is 30.7 Å². The summed E-state index contributed by atoms with van der Waals surface area (Å²) in [7, 11) is 0. The van der Waals surface area contributed by atoms with Crippen molar-refractivity contribution in [3.63, 3.8) is 0 Å². The number of piperidine rings is 1. The van der Waals surface area contributed by atoms with Crippen LogP contribution in [0.15, 0.2) is 48.5 Å². The Morgan fingerprint density at radius 2 is 2.00 bits per heavy atom. The lowest BCUT2D eigenvalue weighted by Gasteiger charge is -2.34. The smallest absolute Gasteiger partial charge is 0.0405 e. The SMILES string of the molecule is Cc1ccc2c(c1)C1CNCCC1N2CCc1ccccc1. The Balaban J connectivity index is 1.61. The molecule has 2 heterocycles. The van der Waals surface area contributed by atoms with E-state index in [1.54, 1.807) is 5.56 Å². The van der Waals surface area contributed by atoms with Gasteiger partial charge in [0.15, 0.2) is 0 Å². The summed E-state index contributed by atoms with van der Waals surface area (Å²) in [4.78, 5) is 2.67. The molecule has 0 aliphatic carbocycles. The first kappa shape index (κ1) is 13.8. The Bertz CT molecular complexity index is 650. The molecule has 2 aliphatic heterocycles. The van der Waals surface area contributed by atoms with Gasteiger partial charge in [0.2, 0.25) is 0 Å². The lowest BCUT2D eigenvalue weighted by Crippen LogP contribution is -2.44. The summed E-state index contributed by atoms with van der Waals surface area (Å²) in [6.45, 7) is 5.61. The molecule has 4 rings (SSSR count). The van der Waals surface area contributed by atoms with Gasteiger partial charge in [0.25, 0.3) is 0 Å². The molecule has 1 N–H and O–H groups in total. The van der Waals surface area contributed by atoms with Crippen LogP contribution in [0.2, 0.25) is 0 Å². The van der Waals surface area contributed by atoms with Gasteiger partial charge in [-0.15, -0.1) is 0 Å². The summed E-state index contributed by atoms with van der Waals surface area (Å²) in [6, 6.07) is 18.6. The minimum atomic E-state index is 0.666. The van der Waals surface area contributed by atoms with Gasteiger partial charge in [-0.1, -0.05) is 48.0 Å². The molecule has 114 valence electrons. The minimum Gasteiger partial charge on any atom is -0.367 e. The van der Waals surface area contributed by atoms with Crippen LogP contribution in [-0.4, -0.2) is 25.7 Å². The van der Waals surface area contributed by atoms with Crippen molar-refractivity contribution in [3.8, 4) is 0 Å². The maximum atomic E-state index is 3.58. The number of anilines is 1. The van der Waals surface area contributed by atoms with Crippen LogP contribution in [-0.2, 0) is 6.42 Å². The van der Waals surface area contributed by atoms with Gasteiger partial charge in [-0.2, -0.15) is 0 Å². The minimum absolute atomic E-state index is 0.666. The van der Waals surface area contributed by atoms with Gasteiger partial charge in [-0.25, -0.2) is 0 Å². The third kappa shape index (κ3) is 2.42. The molecule has 0 saturated carbocycles. The van der Waals surface area contributed by atoms with E-state index in [1.165, 1.54) is 23.2 Å². The summed E-state index contributed by atoms with van der Waals surface area (Å²) in [5, 5.41) is 3.58. The van der Waals surface area contributed by atoms with Crippen molar-refractivity contribution in [1.82, 2.24) is 5.32 Å². The Kier molecular flexibility index (Phi) is 3.63. The van der Waals surface area contributed by atoms with Crippen molar-refractivity contribution in [1.29, 1.82) is 0 Å². The van der Waals surface area contributed by atoms with E-state index in [1.807, 2.05) is 0 Å². The first-order valence-electron chi connectivity index (χ1n) is 8.45. The highest BCUT2D eigenvalue weighted by Gasteiger charge is 2.39. The van der Waals surface area contributed by atoms with Crippen molar-refractivity contribution in [2.75, 3.05) is 24.5 Å². The van der Waals surface area contributed by atoms with Gasteiger partial charge in [-0.3, -0.25) is 0 Å². The molecule has 2 heteroatoms. The van der Waals surface area contributed by atoms with Gasteiger partial charge < -0.3 is 10.2 Å². The molecular weight excluding hydrogens is 268 g/mol. The number of nitrogens with zero attached hydrogens (tertiary/aromatic N) is 1. The van der Waals surface area contributed by atoms with Crippen LogP contribution in [0.3, 0.4) is 0 Å². The van der Waals surface area contributed by atoms with E-state index in [0.717, 1.165) is 26.1 Å². The maximum absolute atomic E-state index is 3.58.